The molecule has 0 radical (unpaired) electrons. The summed E-state index contributed by atoms with van der Waals surface area (Å²) in [5.74, 6) is 0. The first-order valence-corrected chi connectivity index (χ1v) is 7.00. The largest absolute Gasteiger partial charge is 0.247 e. The fraction of sp³-hybridized carbons (Fsp3) is 0.200. The summed E-state index contributed by atoms with van der Waals surface area (Å²) in [6, 6.07) is 7.92. The SMILES string of the molecule is Cc1ccc(S(=O)c2ccc(C)s2)s1. The maximum atomic E-state index is 12.0. The Bertz CT molecular complexity index is 425. The highest BCUT2D eigenvalue weighted by molar-refractivity contribution is 7.89. The van der Waals surface area contributed by atoms with Gasteiger partial charge in [0.25, 0.3) is 0 Å². The quantitative estimate of drug-likeness (QED) is 0.786. The smallest absolute Gasteiger partial charge is 0.105 e. The Morgan fingerprint density at radius 2 is 1.36 bits per heavy atom. The van der Waals surface area contributed by atoms with E-state index >= 15 is 0 Å². The Morgan fingerprint density at radius 1 is 0.929 bits per heavy atom. The third-order valence-corrected chi connectivity index (χ3v) is 5.80. The Hall–Kier alpha value is -0.450. The van der Waals surface area contributed by atoms with E-state index in [9.17, 15) is 4.21 Å². The van der Waals surface area contributed by atoms with E-state index in [0.29, 0.717) is 0 Å². The van der Waals surface area contributed by atoms with Crippen molar-refractivity contribution in [3.63, 3.8) is 0 Å². The van der Waals surface area contributed by atoms with Crippen molar-refractivity contribution in [2.24, 2.45) is 0 Å². The van der Waals surface area contributed by atoms with Crippen LogP contribution in [0.15, 0.2) is 32.7 Å². The Kier molecular flexibility index (Phi) is 2.85. The van der Waals surface area contributed by atoms with Crippen LogP contribution in [0.1, 0.15) is 9.75 Å². The van der Waals surface area contributed by atoms with Crippen LogP contribution in [0, 0.1) is 13.8 Å². The van der Waals surface area contributed by atoms with Gasteiger partial charge in [0.1, 0.15) is 10.8 Å². The van der Waals surface area contributed by atoms with Crippen LogP contribution in [0.25, 0.3) is 0 Å². The van der Waals surface area contributed by atoms with Gasteiger partial charge >= 0.3 is 0 Å². The molecule has 0 amide bonds. The Labute approximate surface area is 93.9 Å². The maximum Gasteiger partial charge on any atom is 0.105 e. The summed E-state index contributed by atoms with van der Waals surface area (Å²) < 4.78 is 13.9. The molecule has 0 spiro atoms. The molecule has 2 aromatic heterocycles. The van der Waals surface area contributed by atoms with Crippen LogP contribution in [0.5, 0.6) is 0 Å². The van der Waals surface area contributed by atoms with E-state index in [1.165, 1.54) is 9.75 Å². The van der Waals surface area contributed by atoms with Crippen molar-refractivity contribution < 1.29 is 4.21 Å². The zero-order valence-electron chi connectivity index (χ0n) is 7.94. The number of thiophene rings is 2. The van der Waals surface area contributed by atoms with Gasteiger partial charge in [0.15, 0.2) is 0 Å². The zero-order chi connectivity index (χ0) is 10.1. The molecular formula is C10H10OS3. The van der Waals surface area contributed by atoms with Crippen molar-refractivity contribution in [2.75, 3.05) is 0 Å². The molecule has 0 bridgehead atoms. The first-order chi connectivity index (χ1) is 6.66. The van der Waals surface area contributed by atoms with Crippen LogP contribution in [0.3, 0.4) is 0 Å². The molecule has 14 heavy (non-hydrogen) atoms. The standard InChI is InChI=1S/C10H10OS3/c1-7-3-5-9(12-7)14(11)10-6-4-8(2)13-10/h3-6H,1-2H3. The predicted molar refractivity (Wildman–Crippen MR) is 62.8 cm³/mol. The highest BCUT2D eigenvalue weighted by atomic mass is 32.2. The molecule has 0 fully saturated rings. The fourth-order valence-electron chi connectivity index (χ4n) is 1.12. The van der Waals surface area contributed by atoms with E-state index in [-0.39, 0.29) is 0 Å². The first-order valence-electron chi connectivity index (χ1n) is 4.21. The molecule has 0 aliphatic carbocycles. The van der Waals surface area contributed by atoms with Gasteiger partial charge in [-0.2, -0.15) is 0 Å². The van der Waals surface area contributed by atoms with Crippen molar-refractivity contribution in [3.05, 3.63) is 34.0 Å². The molecule has 1 nitrogen and oxygen atoms in total. The van der Waals surface area contributed by atoms with Crippen molar-refractivity contribution in [3.8, 4) is 0 Å². The molecule has 74 valence electrons. The van der Waals surface area contributed by atoms with E-state index in [4.69, 9.17) is 0 Å². The summed E-state index contributed by atoms with van der Waals surface area (Å²) in [7, 11) is -0.968. The van der Waals surface area contributed by atoms with Gasteiger partial charge in [0.2, 0.25) is 0 Å². The summed E-state index contributed by atoms with van der Waals surface area (Å²) in [6.07, 6.45) is 0. The molecule has 0 saturated carbocycles. The molecule has 0 unspecified atom stereocenters. The van der Waals surface area contributed by atoms with Crippen molar-refractivity contribution >= 4 is 33.5 Å². The minimum absolute atomic E-state index is 0.948. The molecule has 0 N–H and O–H groups in total. The Balaban J connectivity index is 2.33. The molecule has 0 saturated heterocycles. The van der Waals surface area contributed by atoms with Gasteiger partial charge in [0.05, 0.1) is 8.42 Å². The van der Waals surface area contributed by atoms with Crippen LogP contribution in [-0.2, 0) is 10.8 Å². The lowest BCUT2D eigenvalue weighted by molar-refractivity contribution is 0.686. The van der Waals surface area contributed by atoms with Crippen LogP contribution in [0.2, 0.25) is 0 Å². The average Bonchev–Trinajstić information content (AvgIpc) is 2.73. The van der Waals surface area contributed by atoms with Crippen molar-refractivity contribution in [2.45, 2.75) is 22.3 Å². The second-order valence-electron chi connectivity index (χ2n) is 3.00. The fourth-order valence-corrected chi connectivity index (χ4v) is 4.97. The predicted octanol–water partition coefficient (Wildman–Crippen LogP) is 3.59. The highest BCUT2D eigenvalue weighted by Crippen LogP contribution is 2.28. The lowest BCUT2D eigenvalue weighted by Crippen LogP contribution is -1.83. The van der Waals surface area contributed by atoms with Crippen LogP contribution < -0.4 is 0 Å². The van der Waals surface area contributed by atoms with Crippen LogP contribution in [0.4, 0.5) is 0 Å². The average molecular weight is 242 g/mol. The molecule has 2 aromatic rings. The normalized spacial score (nSPS) is 11.1. The number of hydrogen-bond acceptors (Lipinski definition) is 3. The lowest BCUT2D eigenvalue weighted by Gasteiger charge is -1.92. The maximum absolute atomic E-state index is 12.0. The lowest BCUT2D eigenvalue weighted by atomic mass is 10.5. The zero-order valence-corrected chi connectivity index (χ0v) is 10.4. The second kappa shape index (κ2) is 3.96. The molecule has 0 aliphatic rings. The highest BCUT2D eigenvalue weighted by Gasteiger charge is 2.10. The summed E-state index contributed by atoms with van der Waals surface area (Å²) >= 11 is 3.21. The van der Waals surface area contributed by atoms with Gasteiger partial charge in [-0.1, -0.05) is 0 Å². The molecule has 0 aromatic carbocycles. The van der Waals surface area contributed by atoms with Gasteiger partial charge in [0, 0.05) is 9.75 Å². The minimum Gasteiger partial charge on any atom is -0.247 e. The molecule has 0 atom stereocenters. The van der Waals surface area contributed by atoms with E-state index in [0.717, 1.165) is 8.42 Å². The number of aryl methyl sites for hydroxylation is 2. The molecule has 4 heteroatoms. The summed E-state index contributed by atoms with van der Waals surface area (Å²) in [4.78, 5) is 2.42. The number of hydrogen-bond donors (Lipinski definition) is 0. The summed E-state index contributed by atoms with van der Waals surface area (Å²) in [5, 5.41) is 0. The Morgan fingerprint density at radius 3 is 1.64 bits per heavy atom. The molecular weight excluding hydrogens is 232 g/mol. The molecule has 2 rings (SSSR count). The van der Waals surface area contributed by atoms with E-state index in [2.05, 4.69) is 0 Å². The van der Waals surface area contributed by atoms with E-state index in [1.54, 1.807) is 22.7 Å². The van der Waals surface area contributed by atoms with E-state index in [1.807, 2.05) is 38.1 Å². The molecule has 0 aliphatic heterocycles. The second-order valence-corrected chi connectivity index (χ2v) is 7.51. The van der Waals surface area contributed by atoms with Gasteiger partial charge in [-0.25, -0.2) is 4.21 Å². The first kappa shape index (κ1) is 10.1. The molecule has 2 heterocycles. The third kappa shape index (κ3) is 1.97. The van der Waals surface area contributed by atoms with Crippen LogP contribution >= 0.6 is 22.7 Å². The monoisotopic (exact) mass is 242 g/mol. The van der Waals surface area contributed by atoms with Gasteiger partial charge < -0.3 is 0 Å². The number of rotatable bonds is 2. The van der Waals surface area contributed by atoms with E-state index < -0.39 is 10.8 Å². The van der Waals surface area contributed by atoms with Gasteiger partial charge in [-0.05, 0) is 38.1 Å². The minimum atomic E-state index is -0.968. The summed E-state index contributed by atoms with van der Waals surface area (Å²) in [5.41, 5.74) is 0. The van der Waals surface area contributed by atoms with Gasteiger partial charge in [-0.15, -0.1) is 22.7 Å². The summed E-state index contributed by atoms with van der Waals surface area (Å²) in [6.45, 7) is 4.07. The van der Waals surface area contributed by atoms with Crippen molar-refractivity contribution in [1.82, 2.24) is 0 Å². The third-order valence-electron chi connectivity index (χ3n) is 1.80. The topological polar surface area (TPSA) is 17.1 Å². The van der Waals surface area contributed by atoms with Crippen molar-refractivity contribution in [1.29, 1.82) is 0 Å². The van der Waals surface area contributed by atoms with Gasteiger partial charge in [-0.3, -0.25) is 0 Å². The van der Waals surface area contributed by atoms with Crippen LogP contribution in [-0.4, -0.2) is 4.21 Å².